The number of aliphatic carboxylic acids is 1. The minimum Gasteiger partial charge on any atom is -0.550 e. The maximum atomic E-state index is 11.2. The average Bonchev–Trinajstić information content (AvgIpc) is 2.52. The van der Waals surface area contributed by atoms with Gasteiger partial charge in [-0.2, -0.15) is 0 Å². The van der Waals surface area contributed by atoms with Gasteiger partial charge in [0.05, 0.1) is 13.2 Å². The van der Waals surface area contributed by atoms with Gasteiger partial charge in [-0.15, -0.1) is 0 Å². The Morgan fingerprint density at radius 3 is 2.00 bits per heavy atom. The molecule has 0 radical (unpaired) electrons. The smallest absolute Gasteiger partial charge is 0.308 e. The molecule has 0 spiro atoms. The molecule has 0 saturated carbocycles. The predicted molar refractivity (Wildman–Crippen MR) is 87.7 cm³/mol. The lowest BCUT2D eigenvalue weighted by atomic mass is 9.97. The van der Waals surface area contributed by atoms with Crippen LogP contribution in [-0.4, -0.2) is 46.8 Å². The minimum atomic E-state index is -1.11. The number of ether oxygens (including phenoxy) is 1. The van der Waals surface area contributed by atoms with E-state index < -0.39 is 18.2 Å². The predicted octanol–water partition coefficient (Wildman–Crippen LogP) is 0.736. The number of carbonyl (C=O) groups excluding carboxylic acids is 2. The van der Waals surface area contributed by atoms with Crippen molar-refractivity contribution in [2.24, 2.45) is 5.41 Å². The third-order valence-electron chi connectivity index (χ3n) is 3.19. The number of aliphatic hydroxyl groups excluding tert-OH is 3. The molecule has 0 aliphatic heterocycles. The molecule has 3 N–H and O–H groups in total. The standard InChI is InChI=1S/C12H22O5.C5H12O2/c1-2-3-4-8-11(15)17-12(16)9-6-5-7-10(13)14;1-5(2,3-6)4-7/h11,15H,2-9H2,1H3,(H,13,14);6-7H,3-4H2,1-2H3/p-1. The van der Waals surface area contributed by atoms with Crippen LogP contribution in [0.4, 0.5) is 0 Å². The van der Waals surface area contributed by atoms with Crippen LogP contribution in [0, 0.1) is 5.41 Å². The first-order valence-electron chi connectivity index (χ1n) is 8.47. The normalized spacial score (nSPS) is 12.1. The molecule has 0 aliphatic carbocycles. The van der Waals surface area contributed by atoms with Gasteiger partial charge in [0.15, 0.2) is 0 Å². The molecule has 0 aromatic carbocycles. The van der Waals surface area contributed by atoms with Crippen molar-refractivity contribution in [2.45, 2.75) is 78.4 Å². The highest BCUT2D eigenvalue weighted by atomic mass is 16.6. The van der Waals surface area contributed by atoms with Gasteiger partial charge in [0, 0.05) is 24.2 Å². The van der Waals surface area contributed by atoms with Crippen molar-refractivity contribution in [2.75, 3.05) is 13.2 Å². The van der Waals surface area contributed by atoms with Crippen LogP contribution in [-0.2, 0) is 14.3 Å². The van der Waals surface area contributed by atoms with E-state index in [1.807, 2.05) is 0 Å². The lowest BCUT2D eigenvalue weighted by Crippen LogP contribution is -2.21. The van der Waals surface area contributed by atoms with Crippen molar-refractivity contribution in [3.8, 4) is 0 Å². The minimum absolute atomic E-state index is 0.0451. The molecular weight excluding hydrogens is 316 g/mol. The topological polar surface area (TPSA) is 127 Å². The van der Waals surface area contributed by atoms with Crippen molar-refractivity contribution in [3.05, 3.63) is 0 Å². The van der Waals surface area contributed by atoms with E-state index in [2.05, 4.69) is 6.92 Å². The Labute approximate surface area is 144 Å². The Morgan fingerprint density at radius 1 is 1.04 bits per heavy atom. The number of esters is 1. The van der Waals surface area contributed by atoms with Crippen molar-refractivity contribution in [1.82, 2.24) is 0 Å². The first kappa shape index (κ1) is 25.1. The molecule has 1 unspecified atom stereocenters. The zero-order valence-electron chi connectivity index (χ0n) is 15.1. The molecule has 0 aromatic heterocycles. The van der Waals surface area contributed by atoms with E-state index in [-0.39, 0.29) is 31.5 Å². The van der Waals surface area contributed by atoms with E-state index in [1.165, 1.54) is 0 Å². The fraction of sp³-hybridized carbons (Fsp3) is 0.882. The summed E-state index contributed by atoms with van der Waals surface area (Å²) in [7, 11) is 0. The third-order valence-corrected chi connectivity index (χ3v) is 3.19. The molecule has 24 heavy (non-hydrogen) atoms. The highest BCUT2D eigenvalue weighted by molar-refractivity contribution is 5.69. The Hall–Kier alpha value is -1.18. The third kappa shape index (κ3) is 18.9. The summed E-state index contributed by atoms with van der Waals surface area (Å²) >= 11 is 0. The summed E-state index contributed by atoms with van der Waals surface area (Å²) in [5, 5.41) is 36.3. The average molecular weight is 349 g/mol. The van der Waals surface area contributed by atoms with Gasteiger partial charge >= 0.3 is 5.97 Å². The number of hydrogen-bond donors (Lipinski definition) is 3. The summed E-state index contributed by atoms with van der Waals surface area (Å²) in [6, 6.07) is 0. The summed E-state index contributed by atoms with van der Waals surface area (Å²) in [6.45, 7) is 5.74. The van der Waals surface area contributed by atoms with E-state index in [1.54, 1.807) is 13.8 Å². The molecule has 0 rings (SSSR count). The van der Waals surface area contributed by atoms with Crippen LogP contribution in [0.3, 0.4) is 0 Å². The monoisotopic (exact) mass is 349 g/mol. The van der Waals surface area contributed by atoms with E-state index in [9.17, 15) is 19.8 Å². The number of hydrogen-bond acceptors (Lipinski definition) is 7. The molecule has 0 bridgehead atoms. The molecule has 0 heterocycles. The molecule has 7 heteroatoms. The SMILES string of the molecule is CC(C)(CO)CO.CCCCCC(O)OC(=O)CCCCC(=O)[O-]. The Balaban J connectivity index is 0. The second-order valence-electron chi connectivity index (χ2n) is 6.50. The molecule has 0 aliphatic rings. The Morgan fingerprint density at radius 2 is 1.58 bits per heavy atom. The van der Waals surface area contributed by atoms with E-state index in [4.69, 9.17) is 14.9 Å². The van der Waals surface area contributed by atoms with Crippen molar-refractivity contribution < 1.29 is 34.8 Å². The zero-order valence-corrected chi connectivity index (χ0v) is 15.1. The number of rotatable bonds is 12. The van der Waals surface area contributed by atoms with Crippen LogP contribution < -0.4 is 5.11 Å². The van der Waals surface area contributed by atoms with Gasteiger partial charge in [-0.05, 0) is 25.7 Å². The van der Waals surface area contributed by atoms with Gasteiger partial charge in [-0.3, -0.25) is 4.79 Å². The van der Waals surface area contributed by atoms with Gasteiger partial charge < -0.3 is 30.0 Å². The first-order chi connectivity index (χ1) is 11.2. The molecule has 0 amide bonds. The second-order valence-corrected chi connectivity index (χ2v) is 6.50. The summed E-state index contributed by atoms with van der Waals surface area (Å²) in [6.07, 6.45) is 3.22. The second kappa shape index (κ2) is 15.4. The highest BCUT2D eigenvalue weighted by Crippen LogP contribution is 2.10. The van der Waals surface area contributed by atoms with Gasteiger partial charge in [0.1, 0.15) is 0 Å². The van der Waals surface area contributed by atoms with Gasteiger partial charge in [0.2, 0.25) is 6.29 Å². The van der Waals surface area contributed by atoms with Crippen molar-refractivity contribution >= 4 is 11.9 Å². The lowest BCUT2D eigenvalue weighted by Gasteiger charge is -2.16. The maximum absolute atomic E-state index is 11.2. The van der Waals surface area contributed by atoms with Crippen molar-refractivity contribution in [3.63, 3.8) is 0 Å². The molecule has 7 nitrogen and oxygen atoms in total. The molecule has 144 valence electrons. The van der Waals surface area contributed by atoms with E-state index in [0.717, 1.165) is 19.3 Å². The van der Waals surface area contributed by atoms with Crippen molar-refractivity contribution in [1.29, 1.82) is 0 Å². The summed E-state index contributed by atoms with van der Waals surface area (Å²) < 4.78 is 4.76. The molecular formula is C17H33O7-. The Kier molecular flexibility index (Phi) is 16.0. The maximum Gasteiger partial charge on any atom is 0.308 e. The largest absolute Gasteiger partial charge is 0.550 e. The van der Waals surface area contributed by atoms with Gasteiger partial charge in [-0.25, -0.2) is 0 Å². The van der Waals surface area contributed by atoms with Crippen LogP contribution >= 0.6 is 0 Å². The fourth-order valence-corrected chi connectivity index (χ4v) is 1.43. The number of aliphatic hydroxyl groups is 3. The summed E-state index contributed by atoms with van der Waals surface area (Å²) in [4.78, 5) is 21.3. The van der Waals surface area contributed by atoms with Crippen LogP contribution in [0.15, 0.2) is 0 Å². The highest BCUT2D eigenvalue weighted by Gasteiger charge is 2.13. The summed E-state index contributed by atoms with van der Waals surface area (Å²) in [5.41, 5.74) is -0.306. The van der Waals surface area contributed by atoms with Crippen LogP contribution in [0.1, 0.15) is 72.1 Å². The molecule has 1 atom stereocenters. The number of carbonyl (C=O) groups is 2. The molecule has 0 fully saturated rings. The Bertz CT molecular complexity index is 323. The summed E-state index contributed by atoms with van der Waals surface area (Å²) in [5.74, 6) is -1.59. The van der Waals surface area contributed by atoms with E-state index in [0.29, 0.717) is 19.3 Å². The van der Waals surface area contributed by atoms with Crippen LogP contribution in [0.2, 0.25) is 0 Å². The van der Waals surface area contributed by atoms with Crippen LogP contribution in [0.5, 0.6) is 0 Å². The molecule has 0 saturated heterocycles. The van der Waals surface area contributed by atoms with E-state index >= 15 is 0 Å². The fourth-order valence-electron chi connectivity index (χ4n) is 1.43. The molecule has 0 aromatic rings. The van der Waals surface area contributed by atoms with Gasteiger partial charge in [0.25, 0.3) is 0 Å². The van der Waals surface area contributed by atoms with Gasteiger partial charge in [-0.1, -0.05) is 33.6 Å². The number of carboxylic acid groups (broad SMARTS) is 1. The quantitative estimate of drug-likeness (QED) is 0.269. The van der Waals surface area contributed by atoms with Crippen LogP contribution in [0.25, 0.3) is 0 Å². The lowest BCUT2D eigenvalue weighted by molar-refractivity contribution is -0.305. The first-order valence-corrected chi connectivity index (χ1v) is 8.47. The number of carboxylic acids is 1. The zero-order chi connectivity index (χ0) is 19.0. The number of unbranched alkanes of at least 4 members (excludes halogenated alkanes) is 3.